The van der Waals surface area contributed by atoms with Crippen molar-refractivity contribution in [2.45, 2.75) is 32.6 Å². The van der Waals surface area contributed by atoms with Crippen LogP contribution in [0.15, 0.2) is 85.2 Å². The van der Waals surface area contributed by atoms with Gasteiger partial charge in [0.1, 0.15) is 17.3 Å². The molecule has 136 valence electrons. The van der Waals surface area contributed by atoms with Gasteiger partial charge in [-0.3, -0.25) is 0 Å². The van der Waals surface area contributed by atoms with Gasteiger partial charge in [-0.05, 0) is 60.9 Å². The van der Waals surface area contributed by atoms with Crippen molar-refractivity contribution in [1.82, 2.24) is 0 Å². The van der Waals surface area contributed by atoms with Gasteiger partial charge in [-0.15, -0.1) is 0 Å². The predicted molar refractivity (Wildman–Crippen MR) is 110 cm³/mol. The van der Waals surface area contributed by atoms with Gasteiger partial charge in [0.2, 0.25) is 0 Å². The first-order valence-corrected chi connectivity index (χ1v) is 8.95. The number of ether oxygens (including phenoxy) is 2. The normalized spacial score (nSPS) is 14.1. The Morgan fingerprint density at radius 3 is 1.96 bits per heavy atom. The van der Waals surface area contributed by atoms with Crippen LogP contribution in [0, 0.1) is 0 Å². The van der Waals surface area contributed by atoms with Crippen molar-refractivity contribution < 1.29 is 9.47 Å². The molecule has 1 unspecified atom stereocenters. The van der Waals surface area contributed by atoms with Crippen molar-refractivity contribution in [2.24, 2.45) is 0 Å². The average Bonchev–Trinajstić information content (AvgIpc) is 2.68. The highest BCUT2D eigenvalue weighted by Crippen LogP contribution is 2.36. The summed E-state index contributed by atoms with van der Waals surface area (Å²) in [5.74, 6) is 2.46. The minimum absolute atomic E-state index is 0.0616. The molecule has 0 spiro atoms. The van der Waals surface area contributed by atoms with Crippen LogP contribution < -0.4 is 9.47 Å². The standard InChI is InChI=1S/C24H28O2/c1-6-9-22(10-7-2)26-23-17-13-20(14-18-23)24(4,8-3)19-11-15-21(25-5)16-12-19/h6-7,9-18H,1,8H2,2-5H3/b10-7-,22-9+. The van der Waals surface area contributed by atoms with Crippen molar-refractivity contribution in [3.8, 4) is 11.5 Å². The minimum Gasteiger partial charge on any atom is -0.497 e. The monoisotopic (exact) mass is 348 g/mol. The highest BCUT2D eigenvalue weighted by atomic mass is 16.5. The van der Waals surface area contributed by atoms with Crippen LogP contribution in [0.1, 0.15) is 38.3 Å². The summed E-state index contributed by atoms with van der Waals surface area (Å²) in [7, 11) is 1.69. The molecule has 0 bridgehead atoms. The number of rotatable bonds is 8. The zero-order valence-electron chi connectivity index (χ0n) is 16.2. The van der Waals surface area contributed by atoms with Crippen molar-refractivity contribution in [1.29, 1.82) is 0 Å². The van der Waals surface area contributed by atoms with Gasteiger partial charge in [0.05, 0.1) is 7.11 Å². The topological polar surface area (TPSA) is 18.5 Å². The lowest BCUT2D eigenvalue weighted by Gasteiger charge is -2.30. The van der Waals surface area contributed by atoms with Gasteiger partial charge in [0.15, 0.2) is 0 Å². The molecular weight excluding hydrogens is 320 g/mol. The zero-order chi connectivity index (χ0) is 19.0. The maximum atomic E-state index is 5.92. The molecular formula is C24H28O2. The van der Waals surface area contributed by atoms with E-state index in [9.17, 15) is 0 Å². The largest absolute Gasteiger partial charge is 0.497 e. The van der Waals surface area contributed by atoms with E-state index in [0.29, 0.717) is 0 Å². The molecule has 2 heteroatoms. The Balaban J connectivity index is 2.28. The molecule has 1 atom stereocenters. The highest BCUT2D eigenvalue weighted by molar-refractivity contribution is 5.43. The van der Waals surface area contributed by atoms with E-state index < -0.39 is 0 Å². The van der Waals surface area contributed by atoms with Crippen LogP contribution in [0.2, 0.25) is 0 Å². The molecule has 0 saturated carbocycles. The van der Waals surface area contributed by atoms with Gasteiger partial charge in [-0.2, -0.15) is 0 Å². The maximum Gasteiger partial charge on any atom is 0.127 e. The van der Waals surface area contributed by atoms with Crippen LogP contribution in [0.3, 0.4) is 0 Å². The van der Waals surface area contributed by atoms with E-state index in [1.807, 2.05) is 49.4 Å². The third-order valence-electron chi connectivity index (χ3n) is 4.77. The molecule has 0 fully saturated rings. The summed E-state index contributed by atoms with van der Waals surface area (Å²) in [4.78, 5) is 0. The fraction of sp³-hybridized carbons (Fsp3) is 0.250. The van der Waals surface area contributed by atoms with Crippen LogP contribution in [0.5, 0.6) is 11.5 Å². The minimum atomic E-state index is -0.0616. The van der Waals surface area contributed by atoms with Crippen molar-refractivity contribution in [3.05, 3.63) is 96.3 Å². The summed E-state index contributed by atoms with van der Waals surface area (Å²) < 4.78 is 11.2. The Labute approximate surface area is 157 Å². The number of allylic oxidation sites excluding steroid dienone is 4. The Bertz CT molecular complexity index is 767. The van der Waals surface area contributed by atoms with Gasteiger partial charge >= 0.3 is 0 Å². The molecule has 26 heavy (non-hydrogen) atoms. The third kappa shape index (κ3) is 4.45. The van der Waals surface area contributed by atoms with Gasteiger partial charge in [0.25, 0.3) is 0 Å². The molecule has 2 aromatic rings. The molecule has 0 radical (unpaired) electrons. The first kappa shape index (κ1) is 19.6. The Morgan fingerprint density at radius 2 is 1.54 bits per heavy atom. The van der Waals surface area contributed by atoms with Crippen LogP contribution in [-0.4, -0.2) is 7.11 Å². The molecule has 2 aromatic carbocycles. The second kappa shape index (κ2) is 9.10. The quantitative estimate of drug-likeness (QED) is 0.404. The second-order valence-electron chi connectivity index (χ2n) is 6.35. The molecule has 0 N–H and O–H groups in total. The third-order valence-corrected chi connectivity index (χ3v) is 4.77. The number of methoxy groups -OCH3 is 1. The molecule has 0 amide bonds. The molecule has 2 nitrogen and oxygen atoms in total. The van der Waals surface area contributed by atoms with Crippen LogP contribution in [0.4, 0.5) is 0 Å². The Kier molecular flexibility index (Phi) is 6.85. The summed E-state index contributed by atoms with van der Waals surface area (Å²) in [5.41, 5.74) is 2.47. The molecule has 0 heterocycles. The predicted octanol–water partition coefficient (Wildman–Crippen LogP) is 6.44. The number of hydrogen-bond acceptors (Lipinski definition) is 2. The van der Waals surface area contributed by atoms with E-state index in [0.717, 1.165) is 23.7 Å². The summed E-state index contributed by atoms with van der Waals surface area (Å²) in [5, 5.41) is 0. The van der Waals surface area contributed by atoms with E-state index in [1.54, 1.807) is 13.2 Å². The summed E-state index contributed by atoms with van der Waals surface area (Å²) in [6.07, 6.45) is 8.44. The second-order valence-corrected chi connectivity index (χ2v) is 6.35. The fourth-order valence-electron chi connectivity index (χ4n) is 2.96. The highest BCUT2D eigenvalue weighted by Gasteiger charge is 2.26. The van der Waals surface area contributed by atoms with E-state index in [4.69, 9.17) is 9.47 Å². The number of benzene rings is 2. The summed E-state index contributed by atoms with van der Waals surface area (Å²) >= 11 is 0. The molecule has 0 aromatic heterocycles. The smallest absolute Gasteiger partial charge is 0.127 e. The van der Waals surface area contributed by atoms with Gasteiger partial charge in [0, 0.05) is 5.41 Å². The van der Waals surface area contributed by atoms with E-state index in [2.05, 4.69) is 44.7 Å². The average molecular weight is 348 g/mol. The summed E-state index contributed by atoms with van der Waals surface area (Å²) in [6.45, 7) is 10.2. The zero-order valence-corrected chi connectivity index (χ0v) is 16.2. The summed E-state index contributed by atoms with van der Waals surface area (Å²) in [6, 6.07) is 16.6. The van der Waals surface area contributed by atoms with Gasteiger partial charge in [-0.25, -0.2) is 0 Å². The van der Waals surface area contributed by atoms with E-state index in [-0.39, 0.29) is 5.41 Å². The molecule has 0 aliphatic carbocycles. The molecule has 2 rings (SSSR count). The van der Waals surface area contributed by atoms with Crippen molar-refractivity contribution >= 4 is 0 Å². The van der Waals surface area contributed by atoms with Crippen molar-refractivity contribution in [2.75, 3.05) is 7.11 Å². The lowest BCUT2D eigenvalue weighted by Crippen LogP contribution is -2.22. The van der Waals surface area contributed by atoms with Crippen LogP contribution >= 0.6 is 0 Å². The molecule has 0 aliphatic heterocycles. The van der Waals surface area contributed by atoms with E-state index >= 15 is 0 Å². The van der Waals surface area contributed by atoms with Crippen molar-refractivity contribution in [3.63, 3.8) is 0 Å². The van der Waals surface area contributed by atoms with Gasteiger partial charge in [-0.1, -0.05) is 56.8 Å². The SMILES string of the molecule is C=C/C=C(\C=C/C)Oc1ccc(C(C)(CC)c2ccc(OC)cc2)cc1. The molecule has 0 saturated heterocycles. The fourth-order valence-corrected chi connectivity index (χ4v) is 2.96. The van der Waals surface area contributed by atoms with Crippen LogP contribution in [0.25, 0.3) is 0 Å². The van der Waals surface area contributed by atoms with Gasteiger partial charge < -0.3 is 9.47 Å². The van der Waals surface area contributed by atoms with Crippen LogP contribution in [-0.2, 0) is 5.41 Å². The maximum absolute atomic E-state index is 5.92. The first-order valence-electron chi connectivity index (χ1n) is 8.95. The van der Waals surface area contributed by atoms with E-state index in [1.165, 1.54) is 11.1 Å². The first-order chi connectivity index (χ1) is 12.6. The Hall–Kier alpha value is -2.74. The Morgan fingerprint density at radius 1 is 1.00 bits per heavy atom. The number of hydrogen-bond donors (Lipinski definition) is 0. The lowest BCUT2D eigenvalue weighted by atomic mass is 9.74. The molecule has 0 aliphatic rings. The lowest BCUT2D eigenvalue weighted by molar-refractivity contribution is 0.414.